The van der Waals surface area contributed by atoms with Crippen LogP contribution in [-0.2, 0) is 14.8 Å². The van der Waals surface area contributed by atoms with Gasteiger partial charge in [0.15, 0.2) is 5.78 Å². The molecule has 34 heavy (non-hydrogen) atoms. The topological polar surface area (TPSA) is 83.6 Å². The molecular weight excluding hydrogens is 516 g/mol. The summed E-state index contributed by atoms with van der Waals surface area (Å²) in [5.74, 6) is -1.02. The van der Waals surface area contributed by atoms with Crippen LogP contribution in [0.5, 0.6) is 0 Å². The Bertz CT molecular complexity index is 1310. The van der Waals surface area contributed by atoms with E-state index in [4.69, 9.17) is 0 Å². The van der Waals surface area contributed by atoms with E-state index in [0.717, 1.165) is 10.0 Å². The van der Waals surface area contributed by atoms with Gasteiger partial charge in [0, 0.05) is 28.7 Å². The Labute approximate surface area is 208 Å². The summed E-state index contributed by atoms with van der Waals surface area (Å²) >= 11 is 3.40. The highest BCUT2D eigenvalue weighted by Gasteiger charge is 2.33. The van der Waals surface area contributed by atoms with Gasteiger partial charge in [0.1, 0.15) is 0 Å². The first-order valence-corrected chi connectivity index (χ1v) is 13.3. The summed E-state index contributed by atoms with van der Waals surface area (Å²) in [4.78, 5) is 26.5. The number of carbonyl (C=O) groups is 2. The van der Waals surface area contributed by atoms with Crippen molar-refractivity contribution >= 4 is 43.3 Å². The molecular formula is C26H25BrN2O4S. The number of nitrogens with one attached hydrogen (secondary N) is 1. The zero-order valence-electron chi connectivity index (χ0n) is 18.7. The monoisotopic (exact) mass is 540 g/mol. The molecule has 0 radical (unpaired) electrons. The van der Waals surface area contributed by atoms with E-state index >= 15 is 0 Å². The number of rotatable bonds is 6. The predicted molar refractivity (Wildman–Crippen MR) is 135 cm³/mol. The molecule has 1 amide bonds. The average molecular weight is 541 g/mol. The fraction of sp³-hybridized carbons (Fsp3) is 0.231. The Morgan fingerprint density at radius 2 is 1.71 bits per heavy atom. The number of piperidine rings is 1. The van der Waals surface area contributed by atoms with Gasteiger partial charge in [-0.2, -0.15) is 4.31 Å². The Morgan fingerprint density at radius 3 is 2.41 bits per heavy atom. The Balaban J connectivity index is 1.53. The van der Waals surface area contributed by atoms with Crippen molar-refractivity contribution in [2.75, 3.05) is 18.4 Å². The summed E-state index contributed by atoms with van der Waals surface area (Å²) in [6, 6.07) is 20.7. The minimum Gasteiger partial charge on any atom is -0.325 e. The number of sulfonamides is 1. The molecule has 0 saturated carbocycles. The number of benzene rings is 3. The molecule has 0 aliphatic carbocycles. The summed E-state index contributed by atoms with van der Waals surface area (Å²) in [6.07, 6.45) is 1.16. The predicted octanol–water partition coefficient (Wildman–Crippen LogP) is 5.03. The van der Waals surface area contributed by atoms with E-state index < -0.39 is 15.9 Å². The maximum atomic E-state index is 13.2. The van der Waals surface area contributed by atoms with Crippen molar-refractivity contribution in [3.63, 3.8) is 0 Å². The van der Waals surface area contributed by atoms with Crippen LogP contribution in [0.1, 0.15) is 34.3 Å². The van der Waals surface area contributed by atoms with Crippen molar-refractivity contribution in [1.82, 2.24) is 4.31 Å². The van der Waals surface area contributed by atoms with E-state index in [9.17, 15) is 18.0 Å². The van der Waals surface area contributed by atoms with Gasteiger partial charge in [0.05, 0.1) is 16.5 Å². The normalized spacial score (nSPS) is 16.7. The second-order valence-electron chi connectivity index (χ2n) is 8.39. The van der Waals surface area contributed by atoms with Crippen LogP contribution in [-0.4, -0.2) is 37.5 Å². The van der Waals surface area contributed by atoms with Crippen LogP contribution in [0, 0.1) is 12.8 Å². The number of aryl methyl sites for hydroxylation is 1. The van der Waals surface area contributed by atoms with Gasteiger partial charge in [-0.05, 0) is 50.1 Å². The molecule has 1 N–H and O–H groups in total. The van der Waals surface area contributed by atoms with Gasteiger partial charge in [-0.15, -0.1) is 0 Å². The third kappa shape index (κ3) is 5.29. The van der Waals surface area contributed by atoms with Crippen LogP contribution < -0.4 is 5.32 Å². The number of amides is 1. The third-order valence-electron chi connectivity index (χ3n) is 5.93. The zero-order chi connectivity index (χ0) is 24.3. The summed E-state index contributed by atoms with van der Waals surface area (Å²) in [7, 11) is -3.69. The first kappa shape index (κ1) is 24.3. The summed E-state index contributed by atoms with van der Waals surface area (Å²) in [6.45, 7) is 2.37. The van der Waals surface area contributed by atoms with Gasteiger partial charge >= 0.3 is 0 Å². The number of halogens is 1. The number of ketones is 1. The highest BCUT2D eigenvalue weighted by molar-refractivity contribution is 9.10. The lowest BCUT2D eigenvalue weighted by atomic mass is 9.97. The Morgan fingerprint density at radius 1 is 1.00 bits per heavy atom. The fourth-order valence-corrected chi connectivity index (χ4v) is 5.91. The van der Waals surface area contributed by atoms with Crippen molar-refractivity contribution in [3.8, 4) is 0 Å². The van der Waals surface area contributed by atoms with Gasteiger partial charge in [0.2, 0.25) is 15.9 Å². The molecule has 0 aromatic heterocycles. The zero-order valence-corrected chi connectivity index (χ0v) is 21.1. The first-order valence-electron chi connectivity index (χ1n) is 11.0. The number of hydrogen-bond acceptors (Lipinski definition) is 4. The molecule has 6 nitrogen and oxygen atoms in total. The molecule has 1 atom stereocenters. The quantitative estimate of drug-likeness (QED) is 0.444. The van der Waals surface area contributed by atoms with Gasteiger partial charge in [-0.3, -0.25) is 9.59 Å². The van der Waals surface area contributed by atoms with Crippen molar-refractivity contribution in [2.45, 2.75) is 24.7 Å². The van der Waals surface area contributed by atoms with Crippen molar-refractivity contribution in [2.24, 2.45) is 5.92 Å². The van der Waals surface area contributed by atoms with E-state index in [-0.39, 0.29) is 23.1 Å². The molecule has 3 aromatic carbocycles. The number of carbonyl (C=O) groups excluding carboxylic acids is 2. The van der Waals surface area contributed by atoms with Crippen LogP contribution in [0.4, 0.5) is 5.69 Å². The number of anilines is 1. The van der Waals surface area contributed by atoms with Crippen molar-refractivity contribution in [3.05, 3.63) is 94.0 Å². The fourth-order valence-electron chi connectivity index (χ4n) is 4.03. The molecule has 4 rings (SSSR count). The number of hydrogen-bond donors (Lipinski definition) is 1. The standard InChI is InChI=1S/C26H25BrN2O4S/c1-18-9-12-22(13-10-18)34(32,33)29-15-5-8-20(17-29)26(31)28-24-14-11-21(27)16-23(24)25(30)19-6-3-2-4-7-19/h2-4,6-7,9-14,16,20H,5,8,15,17H2,1H3,(H,28,31). The minimum atomic E-state index is -3.69. The lowest BCUT2D eigenvalue weighted by molar-refractivity contribution is -0.120. The molecule has 1 heterocycles. The second-order valence-corrected chi connectivity index (χ2v) is 11.2. The van der Waals surface area contributed by atoms with E-state index in [1.807, 2.05) is 13.0 Å². The molecule has 3 aromatic rings. The van der Waals surface area contributed by atoms with Gasteiger partial charge in [-0.25, -0.2) is 8.42 Å². The molecule has 1 unspecified atom stereocenters. The average Bonchev–Trinajstić information content (AvgIpc) is 2.85. The summed E-state index contributed by atoms with van der Waals surface area (Å²) < 4.78 is 28.3. The molecule has 1 aliphatic heterocycles. The minimum absolute atomic E-state index is 0.0978. The highest BCUT2D eigenvalue weighted by atomic mass is 79.9. The second kappa shape index (κ2) is 10.2. The number of nitrogens with zero attached hydrogens (tertiary/aromatic N) is 1. The SMILES string of the molecule is Cc1ccc(S(=O)(=O)N2CCCC(C(=O)Nc3ccc(Br)cc3C(=O)c3ccccc3)C2)cc1. The van der Waals surface area contributed by atoms with Crippen LogP contribution in [0.2, 0.25) is 0 Å². The van der Waals surface area contributed by atoms with Crippen LogP contribution in [0.25, 0.3) is 0 Å². The van der Waals surface area contributed by atoms with Crippen LogP contribution in [0.3, 0.4) is 0 Å². The first-order chi connectivity index (χ1) is 16.3. The Kier molecular flexibility index (Phi) is 7.30. The van der Waals surface area contributed by atoms with E-state index in [0.29, 0.717) is 36.2 Å². The molecule has 8 heteroatoms. The van der Waals surface area contributed by atoms with E-state index in [1.165, 1.54) is 4.31 Å². The van der Waals surface area contributed by atoms with Crippen LogP contribution in [0.15, 0.2) is 82.2 Å². The van der Waals surface area contributed by atoms with Crippen molar-refractivity contribution < 1.29 is 18.0 Å². The van der Waals surface area contributed by atoms with Crippen molar-refractivity contribution in [1.29, 1.82) is 0 Å². The summed E-state index contributed by atoms with van der Waals surface area (Å²) in [5.41, 5.74) is 2.27. The molecule has 0 bridgehead atoms. The molecule has 1 fully saturated rings. The lowest BCUT2D eigenvalue weighted by Crippen LogP contribution is -2.43. The molecule has 1 saturated heterocycles. The van der Waals surface area contributed by atoms with Gasteiger partial charge in [-0.1, -0.05) is 64.0 Å². The van der Waals surface area contributed by atoms with Crippen LogP contribution >= 0.6 is 15.9 Å². The highest BCUT2D eigenvalue weighted by Crippen LogP contribution is 2.28. The van der Waals surface area contributed by atoms with E-state index in [1.54, 1.807) is 66.7 Å². The van der Waals surface area contributed by atoms with Gasteiger partial charge < -0.3 is 5.32 Å². The van der Waals surface area contributed by atoms with Gasteiger partial charge in [0.25, 0.3) is 0 Å². The maximum Gasteiger partial charge on any atom is 0.243 e. The lowest BCUT2D eigenvalue weighted by Gasteiger charge is -2.31. The Hall–Kier alpha value is -2.81. The smallest absolute Gasteiger partial charge is 0.243 e. The molecule has 176 valence electrons. The maximum absolute atomic E-state index is 13.2. The third-order valence-corrected chi connectivity index (χ3v) is 8.31. The molecule has 1 aliphatic rings. The largest absolute Gasteiger partial charge is 0.325 e. The molecule has 0 spiro atoms. The summed E-state index contributed by atoms with van der Waals surface area (Å²) in [5, 5.41) is 2.88. The van der Waals surface area contributed by atoms with E-state index in [2.05, 4.69) is 21.2 Å².